The minimum atomic E-state index is -0.417. The Labute approximate surface area is 297 Å². The highest BCUT2D eigenvalue weighted by Crippen LogP contribution is 2.41. The van der Waals surface area contributed by atoms with Crippen molar-refractivity contribution in [2.75, 3.05) is 0 Å². The second-order valence-electron chi connectivity index (χ2n) is 13.2. The third-order valence-electron chi connectivity index (χ3n) is 10.2. The normalized spacial score (nSPS) is 14.7. The summed E-state index contributed by atoms with van der Waals surface area (Å²) in [5.74, 6) is 1.41. The molecule has 6 nitrogen and oxygen atoms in total. The van der Waals surface area contributed by atoms with Gasteiger partial charge in [-0.15, -0.1) is 0 Å². The van der Waals surface area contributed by atoms with E-state index in [2.05, 4.69) is 102 Å². The third-order valence-corrected chi connectivity index (χ3v) is 10.2. The molecule has 3 aromatic heterocycles. The van der Waals surface area contributed by atoms with Crippen molar-refractivity contribution in [3.05, 3.63) is 175 Å². The van der Waals surface area contributed by atoms with Crippen LogP contribution in [0.1, 0.15) is 22.9 Å². The van der Waals surface area contributed by atoms with E-state index < -0.39 is 6.17 Å². The Hall–Kier alpha value is -7.05. The first kappa shape index (κ1) is 28.8. The van der Waals surface area contributed by atoms with Gasteiger partial charge in [0.25, 0.3) is 0 Å². The lowest BCUT2D eigenvalue weighted by Crippen LogP contribution is -2.33. The molecule has 1 atom stereocenters. The van der Waals surface area contributed by atoms with Crippen LogP contribution in [0.2, 0.25) is 0 Å². The average Bonchev–Trinajstić information content (AvgIpc) is 3.77. The van der Waals surface area contributed by atoms with Crippen LogP contribution in [0, 0.1) is 0 Å². The van der Waals surface area contributed by atoms with E-state index in [-0.39, 0.29) is 0 Å². The standard InChI is InChI=1S/C46H28N4O2/c1-2-11-27(12-3-1)44-48-45(50-46(49-44)35-20-10-22-38-41(35)34-15-6-7-21-37(34)51-38)33-19-9-16-30-31(33)17-8-18-32(30)43-42-36-25-28-13-4-5-14-29(28)26-40(36)52-39(42)23-24-47-43/h1-26,45H,(H,48,49,50). The topological polar surface area (TPSA) is 75.9 Å². The molecule has 244 valence electrons. The van der Waals surface area contributed by atoms with Crippen LogP contribution >= 0.6 is 0 Å². The number of rotatable bonds is 4. The number of benzene rings is 7. The lowest BCUT2D eigenvalue weighted by molar-refractivity contribution is 0.668. The Balaban J connectivity index is 1.11. The minimum Gasteiger partial charge on any atom is -0.456 e. The van der Waals surface area contributed by atoms with E-state index in [0.29, 0.717) is 5.84 Å². The summed E-state index contributed by atoms with van der Waals surface area (Å²) in [6.07, 6.45) is 1.42. The van der Waals surface area contributed by atoms with Crippen LogP contribution in [0.25, 0.3) is 76.7 Å². The third kappa shape index (κ3) is 4.41. The molecule has 0 radical (unpaired) electrons. The number of furan rings is 2. The summed E-state index contributed by atoms with van der Waals surface area (Å²) in [5, 5.41) is 12.3. The fraction of sp³-hybridized carbons (Fsp3) is 0.0217. The van der Waals surface area contributed by atoms with Crippen molar-refractivity contribution in [1.29, 1.82) is 0 Å². The number of nitrogens with zero attached hydrogens (tertiary/aromatic N) is 3. The Morgan fingerprint density at radius 2 is 1.19 bits per heavy atom. The monoisotopic (exact) mass is 668 g/mol. The molecule has 0 amide bonds. The molecule has 0 saturated carbocycles. The highest BCUT2D eigenvalue weighted by molar-refractivity contribution is 6.22. The van der Waals surface area contributed by atoms with E-state index in [0.717, 1.165) is 93.8 Å². The van der Waals surface area contributed by atoms with E-state index in [9.17, 15) is 0 Å². The van der Waals surface area contributed by atoms with Crippen LogP contribution in [0.5, 0.6) is 0 Å². The average molecular weight is 669 g/mol. The van der Waals surface area contributed by atoms with Gasteiger partial charge in [-0.25, -0.2) is 9.98 Å². The maximum absolute atomic E-state index is 6.43. The van der Waals surface area contributed by atoms with Gasteiger partial charge in [-0.3, -0.25) is 4.98 Å². The number of hydrogen-bond donors (Lipinski definition) is 1. The Kier molecular flexibility index (Phi) is 6.21. The molecule has 1 unspecified atom stereocenters. The molecular weight excluding hydrogens is 641 g/mol. The molecule has 11 rings (SSSR count). The Bertz CT molecular complexity index is 3120. The van der Waals surface area contributed by atoms with Gasteiger partial charge in [0, 0.05) is 44.6 Å². The number of aliphatic imine (C=N–C) groups is 2. The minimum absolute atomic E-state index is 0.417. The van der Waals surface area contributed by atoms with Gasteiger partial charge < -0.3 is 14.2 Å². The lowest BCUT2D eigenvalue weighted by Gasteiger charge is -2.25. The molecule has 0 aliphatic carbocycles. The zero-order chi connectivity index (χ0) is 34.2. The molecule has 0 fully saturated rings. The van der Waals surface area contributed by atoms with Gasteiger partial charge >= 0.3 is 0 Å². The van der Waals surface area contributed by atoms with Crippen molar-refractivity contribution in [2.45, 2.75) is 6.17 Å². The zero-order valence-electron chi connectivity index (χ0n) is 27.7. The van der Waals surface area contributed by atoms with Crippen LogP contribution in [-0.4, -0.2) is 16.7 Å². The zero-order valence-corrected chi connectivity index (χ0v) is 27.7. The quantitative estimate of drug-likeness (QED) is 0.202. The van der Waals surface area contributed by atoms with Crippen molar-refractivity contribution in [3.8, 4) is 11.3 Å². The van der Waals surface area contributed by atoms with Gasteiger partial charge in [0.05, 0.1) is 11.1 Å². The summed E-state index contributed by atoms with van der Waals surface area (Å²) < 4.78 is 12.7. The van der Waals surface area contributed by atoms with Crippen LogP contribution in [-0.2, 0) is 0 Å². The molecular formula is C46H28N4O2. The molecule has 4 heterocycles. The van der Waals surface area contributed by atoms with Crippen molar-refractivity contribution >= 4 is 77.1 Å². The predicted molar refractivity (Wildman–Crippen MR) is 211 cm³/mol. The van der Waals surface area contributed by atoms with E-state index in [1.54, 1.807) is 0 Å². The summed E-state index contributed by atoms with van der Waals surface area (Å²) in [6, 6.07) is 52.0. The number of amidine groups is 2. The van der Waals surface area contributed by atoms with Crippen molar-refractivity contribution in [2.24, 2.45) is 9.98 Å². The summed E-state index contributed by atoms with van der Waals surface area (Å²) in [5.41, 5.74) is 8.20. The smallest absolute Gasteiger partial charge is 0.160 e. The lowest BCUT2D eigenvalue weighted by atomic mass is 9.94. The van der Waals surface area contributed by atoms with Crippen LogP contribution in [0.15, 0.2) is 177 Å². The highest BCUT2D eigenvalue weighted by atomic mass is 16.3. The van der Waals surface area contributed by atoms with Crippen LogP contribution < -0.4 is 5.32 Å². The molecule has 0 bridgehead atoms. The number of pyridine rings is 1. The first-order valence-electron chi connectivity index (χ1n) is 17.4. The van der Waals surface area contributed by atoms with Gasteiger partial charge in [-0.05, 0) is 51.9 Å². The number of aromatic nitrogens is 1. The first-order valence-corrected chi connectivity index (χ1v) is 17.4. The number of para-hydroxylation sites is 1. The molecule has 7 aromatic carbocycles. The Morgan fingerprint density at radius 1 is 0.500 bits per heavy atom. The second-order valence-corrected chi connectivity index (χ2v) is 13.2. The van der Waals surface area contributed by atoms with Gasteiger partial charge in [0.2, 0.25) is 0 Å². The van der Waals surface area contributed by atoms with Gasteiger partial charge in [0.15, 0.2) is 5.84 Å². The molecule has 1 aliphatic heterocycles. The van der Waals surface area contributed by atoms with Crippen LogP contribution in [0.3, 0.4) is 0 Å². The van der Waals surface area contributed by atoms with Gasteiger partial charge in [0.1, 0.15) is 34.3 Å². The fourth-order valence-electron chi connectivity index (χ4n) is 7.82. The van der Waals surface area contributed by atoms with E-state index in [1.807, 2.05) is 60.8 Å². The predicted octanol–water partition coefficient (Wildman–Crippen LogP) is 11.3. The molecule has 52 heavy (non-hydrogen) atoms. The number of nitrogens with one attached hydrogen (secondary N) is 1. The molecule has 6 heteroatoms. The van der Waals surface area contributed by atoms with E-state index >= 15 is 0 Å². The maximum atomic E-state index is 6.43. The van der Waals surface area contributed by atoms with Gasteiger partial charge in [-0.2, -0.15) is 0 Å². The SMILES string of the molecule is c1ccc(C2=NC(c3cccc4oc5ccccc5c34)=NC(c3cccc4c(-c5nccc6oc7cc8ccccc8cc7c56)cccc34)N2)cc1. The second kappa shape index (κ2) is 11.2. The van der Waals surface area contributed by atoms with E-state index in [4.69, 9.17) is 23.8 Å². The number of fused-ring (bicyclic) bond motifs is 8. The summed E-state index contributed by atoms with van der Waals surface area (Å²) >= 11 is 0. The molecule has 1 aliphatic rings. The molecule has 10 aromatic rings. The highest BCUT2D eigenvalue weighted by Gasteiger charge is 2.25. The largest absolute Gasteiger partial charge is 0.456 e. The summed E-state index contributed by atoms with van der Waals surface area (Å²) in [6.45, 7) is 0. The van der Waals surface area contributed by atoms with E-state index in [1.165, 1.54) is 5.39 Å². The molecule has 1 N–H and O–H groups in total. The van der Waals surface area contributed by atoms with Crippen molar-refractivity contribution < 1.29 is 8.83 Å². The number of hydrogen-bond acceptors (Lipinski definition) is 6. The first-order chi connectivity index (χ1) is 25.8. The molecule has 0 saturated heterocycles. The fourth-order valence-corrected chi connectivity index (χ4v) is 7.82. The summed E-state index contributed by atoms with van der Waals surface area (Å²) in [4.78, 5) is 15.5. The summed E-state index contributed by atoms with van der Waals surface area (Å²) in [7, 11) is 0. The maximum Gasteiger partial charge on any atom is 0.160 e. The Morgan fingerprint density at radius 3 is 2.12 bits per heavy atom. The van der Waals surface area contributed by atoms with Gasteiger partial charge in [-0.1, -0.05) is 121 Å². The van der Waals surface area contributed by atoms with Crippen LogP contribution in [0.4, 0.5) is 0 Å². The van der Waals surface area contributed by atoms with Crippen molar-refractivity contribution in [3.63, 3.8) is 0 Å². The van der Waals surface area contributed by atoms with Crippen molar-refractivity contribution in [1.82, 2.24) is 10.3 Å². The molecule has 0 spiro atoms.